The third-order valence-electron chi connectivity index (χ3n) is 7.28. The molecular weight excluding hydrogens is 428 g/mol. The Hall–Kier alpha value is -1.96. The Balaban J connectivity index is 0.000000351. The van der Waals surface area contributed by atoms with Gasteiger partial charge in [-0.05, 0) is 102 Å². The molecule has 0 heterocycles. The molecule has 35 heavy (non-hydrogen) atoms. The molecule has 2 atom stereocenters. The van der Waals surface area contributed by atoms with Crippen LogP contribution in [0.5, 0.6) is 11.5 Å². The lowest BCUT2D eigenvalue weighted by Crippen LogP contribution is -2.16. The van der Waals surface area contributed by atoms with Crippen LogP contribution in [0.4, 0.5) is 0 Å². The van der Waals surface area contributed by atoms with E-state index in [0.717, 1.165) is 37.6 Å². The van der Waals surface area contributed by atoms with Crippen molar-refractivity contribution < 1.29 is 9.47 Å². The molecule has 0 spiro atoms. The Labute approximate surface area is 217 Å². The Kier molecular flexibility index (Phi) is 11.9. The van der Waals surface area contributed by atoms with Gasteiger partial charge in [0.15, 0.2) is 0 Å². The van der Waals surface area contributed by atoms with Gasteiger partial charge in [0.25, 0.3) is 0 Å². The first-order valence-electron chi connectivity index (χ1n) is 13.6. The van der Waals surface area contributed by atoms with Gasteiger partial charge in [-0.1, -0.05) is 81.4 Å². The molecule has 0 aliphatic carbocycles. The summed E-state index contributed by atoms with van der Waals surface area (Å²) in [7, 11) is 0. The van der Waals surface area contributed by atoms with Gasteiger partial charge in [-0.2, -0.15) is 0 Å². The lowest BCUT2D eigenvalue weighted by molar-refractivity contribution is 0.313. The maximum Gasteiger partial charge on any atom is 0.122 e. The quantitative estimate of drug-likeness (QED) is 0.372. The van der Waals surface area contributed by atoms with Crippen molar-refractivity contribution >= 4 is 0 Å². The van der Waals surface area contributed by atoms with Gasteiger partial charge >= 0.3 is 0 Å². The molecule has 198 valence electrons. The molecule has 0 bridgehead atoms. The highest BCUT2D eigenvalue weighted by Gasteiger charge is 2.24. The number of hydrogen-bond donors (Lipinski definition) is 0. The van der Waals surface area contributed by atoms with Crippen molar-refractivity contribution in [1.29, 1.82) is 0 Å². The summed E-state index contributed by atoms with van der Waals surface area (Å²) in [6.45, 7) is 30.8. The summed E-state index contributed by atoms with van der Waals surface area (Å²) >= 11 is 0. The predicted molar refractivity (Wildman–Crippen MR) is 154 cm³/mol. The van der Waals surface area contributed by atoms with Crippen LogP contribution in [0.1, 0.15) is 122 Å². The molecule has 0 N–H and O–H groups in total. The lowest BCUT2D eigenvalue weighted by atomic mass is 9.76. The van der Waals surface area contributed by atoms with Gasteiger partial charge in [0.1, 0.15) is 11.5 Å². The van der Waals surface area contributed by atoms with Gasteiger partial charge in [0.05, 0.1) is 13.2 Å². The van der Waals surface area contributed by atoms with Crippen LogP contribution >= 0.6 is 0 Å². The summed E-state index contributed by atoms with van der Waals surface area (Å²) in [5.74, 6) is 3.13. The van der Waals surface area contributed by atoms with Crippen LogP contribution in [-0.2, 0) is 0 Å². The molecule has 0 saturated carbocycles. The van der Waals surface area contributed by atoms with Gasteiger partial charge in [-0.15, -0.1) is 0 Å². The van der Waals surface area contributed by atoms with Crippen molar-refractivity contribution in [3.05, 3.63) is 58.1 Å². The maximum absolute atomic E-state index is 5.79. The number of aryl methyl sites for hydroxylation is 3. The summed E-state index contributed by atoms with van der Waals surface area (Å²) in [4.78, 5) is 0. The topological polar surface area (TPSA) is 18.5 Å². The average Bonchev–Trinajstić information content (AvgIpc) is 2.77. The predicted octanol–water partition coefficient (Wildman–Crippen LogP) is 10.2. The van der Waals surface area contributed by atoms with E-state index >= 15 is 0 Å². The Morgan fingerprint density at radius 2 is 1.11 bits per heavy atom. The molecule has 2 unspecified atom stereocenters. The van der Waals surface area contributed by atoms with Crippen molar-refractivity contribution in [3.8, 4) is 11.5 Å². The van der Waals surface area contributed by atoms with Crippen LogP contribution in [0.2, 0.25) is 0 Å². The van der Waals surface area contributed by atoms with Crippen LogP contribution in [0.3, 0.4) is 0 Å². The molecule has 0 amide bonds. The molecule has 0 radical (unpaired) electrons. The van der Waals surface area contributed by atoms with Gasteiger partial charge in [0, 0.05) is 0 Å². The van der Waals surface area contributed by atoms with Crippen LogP contribution in [0, 0.1) is 31.6 Å². The zero-order valence-electron chi connectivity index (χ0n) is 25.2. The van der Waals surface area contributed by atoms with Crippen molar-refractivity contribution in [2.24, 2.45) is 10.8 Å². The summed E-state index contributed by atoms with van der Waals surface area (Å²) in [5, 5.41) is 0. The van der Waals surface area contributed by atoms with Crippen molar-refractivity contribution in [2.75, 3.05) is 13.2 Å². The van der Waals surface area contributed by atoms with Crippen LogP contribution in [0.15, 0.2) is 30.3 Å². The number of ether oxygens (including phenoxy) is 2. The van der Waals surface area contributed by atoms with E-state index in [9.17, 15) is 0 Å². The van der Waals surface area contributed by atoms with E-state index in [4.69, 9.17) is 9.47 Å². The highest BCUT2D eigenvalue weighted by Crippen LogP contribution is 2.39. The molecule has 2 nitrogen and oxygen atoms in total. The van der Waals surface area contributed by atoms with Crippen molar-refractivity contribution in [3.63, 3.8) is 0 Å². The third kappa shape index (κ3) is 9.54. The molecule has 0 saturated heterocycles. The van der Waals surface area contributed by atoms with Crippen molar-refractivity contribution in [1.82, 2.24) is 0 Å². The van der Waals surface area contributed by atoms with Gasteiger partial charge in [-0.25, -0.2) is 0 Å². The maximum atomic E-state index is 5.79. The van der Waals surface area contributed by atoms with Gasteiger partial charge in [0.2, 0.25) is 0 Å². The zero-order chi connectivity index (χ0) is 27.0. The second kappa shape index (κ2) is 13.4. The Morgan fingerprint density at radius 1 is 0.629 bits per heavy atom. The summed E-state index contributed by atoms with van der Waals surface area (Å²) in [5.41, 5.74) is 7.39. The van der Waals surface area contributed by atoms with E-state index in [1.807, 2.05) is 0 Å². The van der Waals surface area contributed by atoms with Crippen LogP contribution < -0.4 is 9.47 Å². The van der Waals surface area contributed by atoms with E-state index < -0.39 is 0 Å². The monoisotopic (exact) mass is 482 g/mol. The van der Waals surface area contributed by atoms with E-state index in [2.05, 4.69) is 120 Å². The highest BCUT2D eigenvalue weighted by molar-refractivity contribution is 5.43. The van der Waals surface area contributed by atoms with Gasteiger partial charge < -0.3 is 9.47 Å². The zero-order valence-corrected chi connectivity index (χ0v) is 25.2. The van der Waals surface area contributed by atoms with Gasteiger partial charge in [-0.3, -0.25) is 0 Å². The number of hydrogen-bond acceptors (Lipinski definition) is 2. The highest BCUT2D eigenvalue weighted by atomic mass is 16.5. The minimum absolute atomic E-state index is 0.286. The molecule has 0 aliphatic heterocycles. The average molecular weight is 483 g/mol. The first-order chi connectivity index (χ1) is 16.1. The van der Waals surface area contributed by atoms with Crippen molar-refractivity contribution in [2.45, 2.75) is 115 Å². The summed E-state index contributed by atoms with van der Waals surface area (Å²) in [6, 6.07) is 11.0. The first kappa shape index (κ1) is 31.1. The lowest BCUT2D eigenvalue weighted by Gasteiger charge is -2.29. The summed E-state index contributed by atoms with van der Waals surface area (Å²) < 4.78 is 11.5. The fraction of sp³-hybridized carbons (Fsp3) is 0.636. The first-order valence-corrected chi connectivity index (χ1v) is 13.6. The largest absolute Gasteiger partial charge is 0.494 e. The fourth-order valence-electron chi connectivity index (χ4n) is 3.97. The molecule has 2 rings (SSSR count). The number of rotatable bonds is 8. The molecule has 2 aromatic rings. The smallest absolute Gasteiger partial charge is 0.122 e. The Morgan fingerprint density at radius 3 is 1.60 bits per heavy atom. The van der Waals surface area contributed by atoms with E-state index in [0.29, 0.717) is 17.3 Å². The second-order valence-corrected chi connectivity index (χ2v) is 12.4. The van der Waals surface area contributed by atoms with Crippen LogP contribution in [0.25, 0.3) is 0 Å². The normalized spacial score (nSPS) is 13.5. The summed E-state index contributed by atoms with van der Waals surface area (Å²) in [6.07, 6.45) is 2.11. The van der Waals surface area contributed by atoms with E-state index in [1.54, 1.807) is 0 Å². The Bertz CT molecular complexity index is 912. The second-order valence-electron chi connectivity index (χ2n) is 12.4. The molecule has 0 fully saturated rings. The molecule has 0 aliphatic rings. The van der Waals surface area contributed by atoms with E-state index in [-0.39, 0.29) is 5.41 Å². The molecular formula is C33H54O2. The molecule has 2 aromatic carbocycles. The third-order valence-corrected chi connectivity index (χ3v) is 7.28. The minimum atomic E-state index is 0.286. The molecule has 2 heteroatoms. The standard InChI is InChI=1S/C17H28O.C16H26O/c1-8-9-18-16-11-12(2)15(10-13(16)3)14(4)17(5,6)7;1-7-10-17-14-9-8-12(2)15(11-14)13(3)16(4,5)6/h10-11,14H,8-9H2,1-7H3;8-9,11,13H,7,10H2,1-6H3. The molecule has 0 aromatic heterocycles. The SMILES string of the molecule is CCCOc1cc(C)c(C(C)C(C)(C)C)cc1C.CCCOc1ccc(C)c(C(C)C(C)(C)C)c1. The van der Waals surface area contributed by atoms with Crippen LogP contribution in [-0.4, -0.2) is 13.2 Å². The number of benzene rings is 2. The minimum Gasteiger partial charge on any atom is -0.494 e. The fourth-order valence-corrected chi connectivity index (χ4v) is 3.97. The van der Waals surface area contributed by atoms with E-state index in [1.165, 1.54) is 27.8 Å².